The highest BCUT2D eigenvalue weighted by atomic mass is 19.1. The highest BCUT2D eigenvalue weighted by Crippen LogP contribution is 2.72. The summed E-state index contributed by atoms with van der Waals surface area (Å²) in [5.41, 5.74) is 7.75. The molecule has 212 valence electrons. The second-order valence-corrected chi connectivity index (χ2v) is 12.5. The number of fused-ring (bicyclic) bond motifs is 3. The normalized spacial score (nSPS) is 31.6. The summed E-state index contributed by atoms with van der Waals surface area (Å²) < 4.78 is 50.8. The van der Waals surface area contributed by atoms with Gasteiger partial charge in [-0.05, 0) is 57.1 Å². The second-order valence-electron chi connectivity index (χ2n) is 12.5. The number of nitrogens with zero attached hydrogens (tertiary/aromatic N) is 2. The Kier molecular flexibility index (Phi) is 5.98. The van der Waals surface area contributed by atoms with Crippen molar-refractivity contribution in [3.05, 3.63) is 64.9 Å². The van der Waals surface area contributed by atoms with Crippen LogP contribution in [0.3, 0.4) is 0 Å². The smallest absolute Gasteiger partial charge is 0.223 e. The lowest BCUT2D eigenvalue weighted by molar-refractivity contribution is -0.233. The zero-order valence-electron chi connectivity index (χ0n) is 22.7. The minimum atomic E-state index is -0.672. The van der Waals surface area contributed by atoms with Crippen LogP contribution in [0.4, 0.5) is 13.2 Å². The maximum Gasteiger partial charge on any atom is 0.223 e. The molecule has 1 saturated heterocycles. The van der Waals surface area contributed by atoms with E-state index < -0.39 is 23.1 Å². The van der Waals surface area contributed by atoms with Gasteiger partial charge in [0.1, 0.15) is 23.5 Å². The summed E-state index contributed by atoms with van der Waals surface area (Å²) in [4.78, 5) is 20.0. The molecule has 3 aliphatic carbocycles. The van der Waals surface area contributed by atoms with Crippen LogP contribution in [0.5, 0.6) is 5.75 Å². The van der Waals surface area contributed by atoms with Crippen LogP contribution in [0, 0.1) is 17.0 Å². The van der Waals surface area contributed by atoms with Gasteiger partial charge in [0, 0.05) is 65.5 Å². The summed E-state index contributed by atoms with van der Waals surface area (Å²) in [6.45, 7) is 3.79. The number of hydrogen-bond donors (Lipinski definition) is 2. The predicted molar refractivity (Wildman–Crippen MR) is 146 cm³/mol. The number of H-pyrrole nitrogens is 1. The van der Waals surface area contributed by atoms with Crippen LogP contribution < -0.4 is 10.5 Å². The molecule has 3 N–H and O–H groups in total. The predicted octanol–water partition coefficient (Wildman–Crippen LogP) is 5.00. The van der Waals surface area contributed by atoms with Gasteiger partial charge in [0.15, 0.2) is 0 Å². The Hall–Kier alpha value is -3.04. The Morgan fingerprint density at radius 3 is 2.60 bits per heavy atom. The summed E-state index contributed by atoms with van der Waals surface area (Å²) in [6, 6.07) is 9.91. The molecule has 3 atom stereocenters. The van der Waals surface area contributed by atoms with Crippen LogP contribution in [0.1, 0.15) is 61.9 Å². The lowest BCUT2D eigenvalue weighted by Gasteiger charge is -2.74. The lowest BCUT2D eigenvalue weighted by Crippen LogP contribution is -2.79. The molecular weight excluding hydrogens is 517 g/mol. The minimum absolute atomic E-state index is 0.000510. The molecule has 1 amide bonds. The number of amides is 1. The minimum Gasteiger partial charge on any atom is -0.489 e. The average molecular weight is 553 g/mol. The van der Waals surface area contributed by atoms with Crippen LogP contribution in [-0.4, -0.2) is 64.7 Å². The summed E-state index contributed by atoms with van der Waals surface area (Å²) in [5, 5.41) is 1.07. The molecule has 2 aromatic carbocycles. The molecule has 3 saturated carbocycles. The number of rotatable bonds is 8. The number of hydrogen-bond acceptors (Lipinski definition) is 4. The first-order chi connectivity index (χ1) is 19.2. The Bertz CT molecular complexity index is 1450. The largest absolute Gasteiger partial charge is 0.489 e. The summed E-state index contributed by atoms with van der Waals surface area (Å²) in [7, 11) is 0. The summed E-state index contributed by atoms with van der Waals surface area (Å²) >= 11 is 0. The molecule has 9 heteroatoms. The molecule has 0 spiro atoms. The number of carbonyl (C=O) groups excluding carboxylic acids is 1. The van der Waals surface area contributed by atoms with Gasteiger partial charge in [0.2, 0.25) is 5.91 Å². The number of nitrogens with one attached hydrogen (secondary N) is 1. The Morgan fingerprint density at radius 1 is 1.18 bits per heavy atom. The van der Waals surface area contributed by atoms with E-state index in [2.05, 4.69) is 27.8 Å². The average Bonchev–Trinajstić information content (AvgIpc) is 3.46. The Labute approximate surface area is 231 Å². The zero-order chi connectivity index (χ0) is 27.8. The number of likely N-dealkylation sites (tertiary alicyclic amines) is 1. The maximum atomic E-state index is 16.1. The number of alkyl halides is 1. The van der Waals surface area contributed by atoms with Crippen LogP contribution >= 0.6 is 0 Å². The Morgan fingerprint density at radius 2 is 1.90 bits per heavy atom. The van der Waals surface area contributed by atoms with Crippen molar-refractivity contribution in [3.8, 4) is 5.75 Å². The highest BCUT2D eigenvalue weighted by molar-refractivity contribution is 5.87. The number of aromatic amines is 1. The summed E-state index contributed by atoms with van der Waals surface area (Å²) in [5.74, 6) is -1.41. The molecule has 8 rings (SSSR count). The number of ether oxygens (including phenoxy) is 1. The van der Waals surface area contributed by atoms with Gasteiger partial charge >= 0.3 is 0 Å². The SMILES string of the molecule is C[C@@H]1Cc2c([nH]c3ccccc23)[C@@H](c2c(F)cc(O[C@H]3CCN(CCCF)C3)cc2F)N1C12CC(C(N)=O)(C1)C2. The summed E-state index contributed by atoms with van der Waals surface area (Å²) in [6.07, 6.45) is 3.62. The van der Waals surface area contributed by atoms with Crippen molar-refractivity contribution in [2.45, 2.75) is 69.2 Å². The molecule has 0 unspecified atom stereocenters. The standard InChI is InChI=1S/C31H35F3N4O2/c1-18-11-22-21-5-2-3-6-25(21)36-27(22)28(38(18)31-15-30(16-31,17-31)29(35)39)26-23(33)12-20(13-24(26)34)40-19-7-10-37(14-19)9-4-8-32/h2-3,5-6,12-13,18-19,28,36H,4,7-11,14-17H2,1H3,(H2,35,39)/t18-,19+,28-,30?,31?/m1/s1. The highest BCUT2D eigenvalue weighted by Gasteiger charge is 2.74. The van der Waals surface area contributed by atoms with E-state index >= 15 is 8.78 Å². The van der Waals surface area contributed by atoms with Gasteiger partial charge in [-0.2, -0.15) is 0 Å². The van der Waals surface area contributed by atoms with Gasteiger partial charge in [-0.1, -0.05) is 18.2 Å². The van der Waals surface area contributed by atoms with E-state index in [1.165, 1.54) is 12.1 Å². The third kappa shape index (κ3) is 3.80. The molecule has 3 heterocycles. The molecule has 2 aliphatic heterocycles. The second kappa shape index (κ2) is 9.24. The molecular formula is C31H35F3N4O2. The monoisotopic (exact) mass is 552 g/mol. The van der Waals surface area contributed by atoms with E-state index in [0.29, 0.717) is 38.8 Å². The third-order valence-corrected chi connectivity index (χ3v) is 9.91. The van der Waals surface area contributed by atoms with Gasteiger partial charge < -0.3 is 15.5 Å². The van der Waals surface area contributed by atoms with Crippen molar-refractivity contribution in [2.24, 2.45) is 11.1 Å². The number of nitrogens with two attached hydrogens (primary N) is 1. The van der Waals surface area contributed by atoms with E-state index in [9.17, 15) is 9.18 Å². The van der Waals surface area contributed by atoms with Crippen LogP contribution in [0.25, 0.3) is 10.9 Å². The molecule has 4 fully saturated rings. The van der Waals surface area contributed by atoms with E-state index in [4.69, 9.17) is 10.5 Å². The molecule has 40 heavy (non-hydrogen) atoms. The van der Waals surface area contributed by atoms with E-state index in [1.807, 2.05) is 18.2 Å². The fourth-order valence-corrected chi connectivity index (χ4v) is 8.22. The van der Waals surface area contributed by atoms with Gasteiger partial charge in [-0.25, -0.2) is 8.78 Å². The maximum absolute atomic E-state index is 16.1. The molecule has 6 nitrogen and oxygen atoms in total. The van der Waals surface area contributed by atoms with E-state index in [-0.39, 0.29) is 41.6 Å². The number of primary amides is 1. The van der Waals surface area contributed by atoms with Crippen LogP contribution in [0.2, 0.25) is 0 Å². The number of aromatic nitrogens is 1. The van der Waals surface area contributed by atoms with Crippen molar-refractivity contribution in [2.75, 3.05) is 26.3 Å². The quantitative estimate of drug-likeness (QED) is 0.413. The number of halogens is 3. The van der Waals surface area contributed by atoms with Gasteiger partial charge in [-0.15, -0.1) is 0 Å². The first-order valence-electron chi connectivity index (χ1n) is 14.4. The molecule has 5 aliphatic rings. The van der Waals surface area contributed by atoms with Gasteiger partial charge in [-0.3, -0.25) is 19.0 Å². The first-order valence-corrected chi connectivity index (χ1v) is 14.4. The molecule has 2 bridgehead atoms. The Balaban J connectivity index is 1.25. The number of benzene rings is 2. The van der Waals surface area contributed by atoms with Crippen molar-refractivity contribution >= 4 is 16.8 Å². The van der Waals surface area contributed by atoms with E-state index in [0.717, 1.165) is 41.5 Å². The fourth-order valence-electron chi connectivity index (χ4n) is 8.22. The van der Waals surface area contributed by atoms with Gasteiger partial charge in [0.25, 0.3) is 0 Å². The molecule has 0 radical (unpaired) electrons. The number of para-hydroxylation sites is 1. The molecule has 1 aromatic heterocycles. The van der Waals surface area contributed by atoms with Crippen molar-refractivity contribution in [3.63, 3.8) is 0 Å². The first kappa shape index (κ1) is 25.9. The van der Waals surface area contributed by atoms with Crippen LogP contribution in [0.15, 0.2) is 36.4 Å². The van der Waals surface area contributed by atoms with Crippen molar-refractivity contribution in [1.82, 2.24) is 14.8 Å². The topological polar surface area (TPSA) is 74.6 Å². The fraction of sp³-hybridized carbons (Fsp3) is 0.516. The zero-order valence-corrected chi connectivity index (χ0v) is 22.7. The van der Waals surface area contributed by atoms with E-state index in [1.54, 1.807) is 0 Å². The van der Waals surface area contributed by atoms with Crippen molar-refractivity contribution in [1.29, 1.82) is 0 Å². The lowest BCUT2D eigenvalue weighted by atomic mass is 9.38. The molecule has 3 aromatic rings. The van der Waals surface area contributed by atoms with Gasteiger partial charge in [0.05, 0.1) is 18.1 Å². The third-order valence-electron chi connectivity index (χ3n) is 9.91. The van der Waals surface area contributed by atoms with Crippen molar-refractivity contribution < 1.29 is 22.7 Å². The number of carbonyl (C=O) groups is 1. The van der Waals surface area contributed by atoms with Crippen LogP contribution in [-0.2, 0) is 11.2 Å².